The molecule has 8 heteroatoms. The lowest BCUT2D eigenvalue weighted by molar-refractivity contribution is 0.660. The summed E-state index contributed by atoms with van der Waals surface area (Å²) in [5.74, 6) is -0.112. The van der Waals surface area contributed by atoms with E-state index in [1.807, 2.05) is 6.92 Å². The molecule has 2 rings (SSSR count). The van der Waals surface area contributed by atoms with Crippen molar-refractivity contribution in [1.82, 2.24) is 19.7 Å². The van der Waals surface area contributed by atoms with Crippen molar-refractivity contribution in [2.45, 2.75) is 23.5 Å². The molecule has 0 fully saturated rings. The van der Waals surface area contributed by atoms with E-state index in [-0.39, 0.29) is 11.5 Å². The fraction of sp³-hybridized carbons (Fsp3) is 0.200. The monoisotopic (exact) mass is 264 g/mol. The van der Waals surface area contributed by atoms with Crippen LogP contribution in [0.4, 0.5) is 0 Å². The van der Waals surface area contributed by atoms with Crippen LogP contribution in [0.3, 0.4) is 0 Å². The molecule has 18 heavy (non-hydrogen) atoms. The third-order valence-electron chi connectivity index (χ3n) is 2.27. The highest BCUT2D eigenvalue weighted by atomic mass is 32.2. The van der Waals surface area contributed by atoms with Crippen LogP contribution in [0, 0.1) is 5.41 Å². The van der Waals surface area contributed by atoms with Crippen molar-refractivity contribution in [3.05, 3.63) is 34.5 Å². The molecule has 0 aliphatic heterocycles. The fourth-order valence-corrected chi connectivity index (χ4v) is 2.45. The van der Waals surface area contributed by atoms with Gasteiger partial charge in [0.1, 0.15) is 11.5 Å². The first-order valence-corrected chi connectivity index (χ1v) is 6.07. The largest absolute Gasteiger partial charge is 0.382 e. The number of nitrogens with two attached hydrogens (primary N) is 1. The predicted octanol–water partition coefficient (Wildman–Crippen LogP) is 0.422. The van der Waals surface area contributed by atoms with Crippen molar-refractivity contribution in [3.63, 3.8) is 0 Å². The fourth-order valence-electron chi connectivity index (χ4n) is 1.43. The quantitative estimate of drug-likeness (QED) is 0.547. The van der Waals surface area contributed by atoms with Crippen LogP contribution < -0.4 is 11.4 Å². The van der Waals surface area contributed by atoms with Crippen LogP contribution in [0.15, 0.2) is 33.2 Å². The molecule has 0 saturated heterocycles. The molecule has 0 spiro atoms. The number of nitrogens with zero attached hydrogens (tertiary/aromatic N) is 3. The molecular formula is C10H12N6OS. The Hall–Kier alpha value is -2.09. The minimum atomic E-state index is -0.256. The summed E-state index contributed by atoms with van der Waals surface area (Å²) >= 11 is 1.25. The summed E-state index contributed by atoms with van der Waals surface area (Å²) in [7, 11) is 0. The Morgan fingerprint density at radius 2 is 2.44 bits per heavy atom. The average Bonchev–Trinajstić information content (AvgIpc) is 2.70. The molecule has 2 aromatic rings. The lowest BCUT2D eigenvalue weighted by Crippen LogP contribution is -2.16. The summed E-state index contributed by atoms with van der Waals surface area (Å²) in [5.41, 5.74) is 5.59. The topological polar surface area (TPSA) is 113 Å². The smallest absolute Gasteiger partial charge is 0.343 e. The molecule has 2 aromatic heterocycles. The number of hydrogen-bond acceptors (Lipinski definition) is 5. The SMILES string of the molecule is CCn1c(Sc2cccnc2C(=N)N)n[nH]c1=O. The third kappa shape index (κ3) is 2.28. The molecule has 0 bridgehead atoms. The van der Waals surface area contributed by atoms with Gasteiger partial charge in [0.25, 0.3) is 0 Å². The van der Waals surface area contributed by atoms with Crippen molar-refractivity contribution in [2.24, 2.45) is 5.73 Å². The van der Waals surface area contributed by atoms with Gasteiger partial charge in [-0.3, -0.25) is 15.0 Å². The van der Waals surface area contributed by atoms with Crippen LogP contribution in [0.2, 0.25) is 0 Å². The zero-order valence-corrected chi connectivity index (χ0v) is 10.5. The molecule has 94 valence electrons. The molecule has 0 radical (unpaired) electrons. The Bertz CT molecular complexity index is 631. The third-order valence-corrected chi connectivity index (χ3v) is 3.31. The van der Waals surface area contributed by atoms with E-state index < -0.39 is 0 Å². The molecule has 2 heterocycles. The summed E-state index contributed by atoms with van der Waals surface area (Å²) in [6.45, 7) is 2.38. The minimum Gasteiger partial charge on any atom is -0.382 e. The van der Waals surface area contributed by atoms with Gasteiger partial charge >= 0.3 is 5.69 Å². The predicted molar refractivity (Wildman–Crippen MR) is 67.9 cm³/mol. The second-order valence-corrected chi connectivity index (χ2v) is 4.43. The van der Waals surface area contributed by atoms with E-state index in [1.165, 1.54) is 16.3 Å². The van der Waals surface area contributed by atoms with E-state index >= 15 is 0 Å². The molecule has 0 aromatic carbocycles. The average molecular weight is 264 g/mol. The number of nitrogens with one attached hydrogen (secondary N) is 2. The maximum Gasteiger partial charge on any atom is 0.343 e. The Labute approximate surface area is 107 Å². The van der Waals surface area contributed by atoms with Gasteiger partial charge in [0.2, 0.25) is 0 Å². The molecule has 0 atom stereocenters. The summed E-state index contributed by atoms with van der Waals surface area (Å²) < 4.78 is 1.50. The first-order valence-electron chi connectivity index (χ1n) is 5.26. The standard InChI is InChI=1S/C10H12N6OS/c1-2-16-9(17)14-15-10(16)18-6-4-3-5-13-7(6)8(11)12/h3-5H,2H2,1H3,(H3,11,12)(H,14,17). The molecule has 0 amide bonds. The Balaban J connectivity index is 2.40. The number of amidine groups is 1. The Morgan fingerprint density at radius 1 is 1.67 bits per heavy atom. The van der Waals surface area contributed by atoms with Crippen LogP contribution in [-0.2, 0) is 6.54 Å². The van der Waals surface area contributed by atoms with Gasteiger partial charge in [-0.1, -0.05) is 0 Å². The van der Waals surface area contributed by atoms with Gasteiger partial charge in [0.15, 0.2) is 5.16 Å². The first-order chi connectivity index (χ1) is 8.63. The zero-order valence-electron chi connectivity index (χ0n) is 9.67. The lowest BCUT2D eigenvalue weighted by atomic mass is 10.3. The van der Waals surface area contributed by atoms with Gasteiger partial charge in [-0.25, -0.2) is 9.89 Å². The number of aromatic amines is 1. The van der Waals surface area contributed by atoms with Crippen molar-refractivity contribution in [1.29, 1.82) is 5.41 Å². The van der Waals surface area contributed by atoms with Crippen LogP contribution in [-0.4, -0.2) is 25.6 Å². The van der Waals surface area contributed by atoms with Gasteiger partial charge in [0.05, 0.1) is 0 Å². The van der Waals surface area contributed by atoms with Gasteiger partial charge in [-0.05, 0) is 30.8 Å². The van der Waals surface area contributed by atoms with Gasteiger partial charge in [-0.15, -0.1) is 5.10 Å². The highest BCUT2D eigenvalue weighted by Gasteiger charge is 2.13. The molecule has 0 aliphatic carbocycles. The van der Waals surface area contributed by atoms with Gasteiger partial charge in [-0.2, -0.15) is 0 Å². The Morgan fingerprint density at radius 3 is 3.11 bits per heavy atom. The number of pyridine rings is 1. The number of H-pyrrole nitrogens is 1. The molecule has 0 saturated carbocycles. The van der Waals surface area contributed by atoms with Crippen LogP contribution in [0.25, 0.3) is 0 Å². The first kappa shape index (κ1) is 12.4. The van der Waals surface area contributed by atoms with Gasteiger partial charge < -0.3 is 5.73 Å². The second kappa shape index (κ2) is 5.05. The van der Waals surface area contributed by atoms with Gasteiger partial charge in [0, 0.05) is 17.6 Å². The van der Waals surface area contributed by atoms with E-state index in [0.29, 0.717) is 22.3 Å². The Kier molecular flexibility index (Phi) is 3.47. The highest BCUT2D eigenvalue weighted by molar-refractivity contribution is 7.99. The number of rotatable bonds is 4. The molecule has 7 nitrogen and oxygen atoms in total. The van der Waals surface area contributed by atoms with Crippen LogP contribution in [0.1, 0.15) is 12.6 Å². The van der Waals surface area contributed by atoms with E-state index in [9.17, 15) is 4.79 Å². The zero-order chi connectivity index (χ0) is 13.1. The van der Waals surface area contributed by atoms with Crippen molar-refractivity contribution < 1.29 is 0 Å². The summed E-state index contributed by atoms with van der Waals surface area (Å²) in [4.78, 5) is 16.2. The summed E-state index contributed by atoms with van der Waals surface area (Å²) in [5, 5.41) is 14.3. The normalized spacial score (nSPS) is 10.5. The van der Waals surface area contributed by atoms with E-state index in [4.69, 9.17) is 11.1 Å². The minimum absolute atomic E-state index is 0.112. The summed E-state index contributed by atoms with van der Waals surface area (Å²) in [6.07, 6.45) is 1.57. The molecule has 0 unspecified atom stereocenters. The van der Waals surface area contributed by atoms with E-state index in [1.54, 1.807) is 18.3 Å². The van der Waals surface area contributed by atoms with Crippen molar-refractivity contribution in [2.75, 3.05) is 0 Å². The van der Waals surface area contributed by atoms with E-state index in [0.717, 1.165) is 0 Å². The number of nitrogen functional groups attached to an aromatic ring is 1. The van der Waals surface area contributed by atoms with Crippen molar-refractivity contribution >= 4 is 17.6 Å². The van der Waals surface area contributed by atoms with Crippen LogP contribution in [0.5, 0.6) is 0 Å². The maximum atomic E-state index is 11.4. The maximum absolute atomic E-state index is 11.4. The van der Waals surface area contributed by atoms with Crippen LogP contribution >= 0.6 is 11.8 Å². The number of hydrogen-bond donors (Lipinski definition) is 3. The molecule has 4 N–H and O–H groups in total. The molecular weight excluding hydrogens is 252 g/mol. The molecule has 0 aliphatic rings. The number of aromatic nitrogens is 4. The van der Waals surface area contributed by atoms with E-state index in [2.05, 4.69) is 15.2 Å². The summed E-state index contributed by atoms with van der Waals surface area (Å²) in [6, 6.07) is 3.53. The highest BCUT2D eigenvalue weighted by Crippen LogP contribution is 2.26. The second-order valence-electron chi connectivity index (χ2n) is 3.42. The lowest BCUT2D eigenvalue weighted by Gasteiger charge is -2.06. The van der Waals surface area contributed by atoms with Crippen molar-refractivity contribution in [3.8, 4) is 0 Å².